The molecular weight excluding hydrogens is 292 g/mol. The number of aliphatic hydroxyl groups excluding tert-OH is 1. The van der Waals surface area contributed by atoms with E-state index in [2.05, 4.69) is 36.2 Å². The van der Waals surface area contributed by atoms with Gasteiger partial charge in [-0.3, -0.25) is 9.48 Å². The Balaban J connectivity index is 1.69. The minimum Gasteiger partial charge on any atom is -0.391 e. The number of nitrogens with zero attached hydrogens (tertiary/aromatic N) is 3. The summed E-state index contributed by atoms with van der Waals surface area (Å²) in [5.41, 5.74) is 1.50. The zero-order chi connectivity index (χ0) is 16.9. The molecule has 1 saturated heterocycles. The normalized spacial score (nSPS) is 34.1. The van der Waals surface area contributed by atoms with Crippen LogP contribution >= 0.6 is 0 Å². The van der Waals surface area contributed by atoms with Gasteiger partial charge in [0.1, 0.15) is 5.69 Å². The molecule has 2 unspecified atom stereocenters. The Hall–Kier alpha value is -1.40. The van der Waals surface area contributed by atoms with E-state index in [0.717, 1.165) is 25.1 Å². The van der Waals surface area contributed by atoms with Crippen LogP contribution in [0, 0.1) is 18.3 Å². The topological polar surface area (TPSA) is 70.4 Å². The smallest absolute Gasteiger partial charge is 0.272 e. The van der Waals surface area contributed by atoms with Crippen LogP contribution in [0.15, 0.2) is 6.07 Å². The van der Waals surface area contributed by atoms with Crippen LogP contribution in [0.1, 0.15) is 42.9 Å². The Morgan fingerprint density at radius 2 is 2.13 bits per heavy atom. The number of rotatable bonds is 3. The lowest BCUT2D eigenvalue weighted by atomic mass is 9.66. The van der Waals surface area contributed by atoms with Gasteiger partial charge in [-0.1, -0.05) is 13.8 Å². The standard InChI is InChI=1S/C17H28N4O2/c1-10(2)15-17(9-20(15)4)7-13(14(22)8-17)18-16(23)12-6-11(3)21(5)19-12/h6,10,13-15,22H,7-9H2,1-5H3,(H,18,23)/t13-,14-,15?,17?/m1/s1. The van der Waals surface area contributed by atoms with E-state index in [1.165, 1.54) is 0 Å². The van der Waals surface area contributed by atoms with Gasteiger partial charge in [0.05, 0.1) is 12.1 Å². The lowest BCUT2D eigenvalue weighted by Gasteiger charge is -2.57. The molecule has 1 aliphatic heterocycles. The van der Waals surface area contributed by atoms with E-state index >= 15 is 0 Å². The highest BCUT2D eigenvalue weighted by Crippen LogP contribution is 2.52. The van der Waals surface area contributed by atoms with E-state index < -0.39 is 6.10 Å². The molecule has 2 aliphatic rings. The first-order chi connectivity index (χ1) is 10.7. The average Bonchev–Trinajstić information content (AvgIpc) is 2.91. The van der Waals surface area contributed by atoms with E-state index in [9.17, 15) is 9.90 Å². The molecule has 2 fully saturated rings. The largest absolute Gasteiger partial charge is 0.391 e. The molecule has 4 atom stereocenters. The molecule has 1 amide bonds. The van der Waals surface area contributed by atoms with E-state index in [1.54, 1.807) is 10.7 Å². The van der Waals surface area contributed by atoms with Crippen molar-refractivity contribution in [1.29, 1.82) is 0 Å². The second-order valence-corrected chi connectivity index (χ2v) is 7.82. The molecule has 1 aliphatic carbocycles. The van der Waals surface area contributed by atoms with Crippen LogP contribution < -0.4 is 5.32 Å². The maximum Gasteiger partial charge on any atom is 0.272 e. The number of carbonyl (C=O) groups excluding carboxylic acids is 1. The summed E-state index contributed by atoms with van der Waals surface area (Å²) in [6, 6.07) is 2.08. The highest BCUT2D eigenvalue weighted by atomic mass is 16.3. The average molecular weight is 320 g/mol. The third-order valence-corrected chi connectivity index (χ3v) is 5.67. The number of amides is 1. The van der Waals surface area contributed by atoms with Gasteiger partial charge < -0.3 is 15.3 Å². The second kappa shape index (κ2) is 5.60. The maximum atomic E-state index is 12.4. The fourth-order valence-corrected chi connectivity index (χ4v) is 4.91. The van der Waals surface area contributed by atoms with E-state index in [1.807, 2.05) is 14.0 Å². The van der Waals surface area contributed by atoms with Crippen molar-refractivity contribution in [2.75, 3.05) is 13.6 Å². The molecule has 0 bridgehead atoms. The summed E-state index contributed by atoms with van der Waals surface area (Å²) < 4.78 is 1.69. The van der Waals surface area contributed by atoms with Gasteiger partial charge in [0.25, 0.3) is 5.91 Å². The quantitative estimate of drug-likeness (QED) is 0.869. The van der Waals surface area contributed by atoms with Gasteiger partial charge in [0.2, 0.25) is 0 Å². The molecule has 2 N–H and O–H groups in total. The number of aliphatic hydroxyl groups is 1. The molecule has 0 radical (unpaired) electrons. The SMILES string of the molecule is Cc1cc(C(=O)N[C@@H]2CC3(C[C@H]2O)CN(C)C3C(C)C)nn1C. The van der Waals surface area contributed by atoms with Crippen molar-refractivity contribution in [3.05, 3.63) is 17.5 Å². The van der Waals surface area contributed by atoms with Gasteiger partial charge in [-0.25, -0.2) is 0 Å². The van der Waals surface area contributed by atoms with Crippen LogP contribution in [0.2, 0.25) is 0 Å². The summed E-state index contributed by atoms with van der Waals surface area (Å²) in [7, 11) is 3.97. The summed E-state index contributed by atoms with van der Waals surface area (Å²) in [6.45, 7) is 7.39. The van der Waals surface area contributed by atoms with Crippen molar-refractivity contribution in [1.82, 2.24) is 20.0 Å². The van der Waals surface area contributed by atoms with E-state index in [4.69, 9.17) is 0 Å². The number of aryl methyl sites for hydroxylation is 2. The molecule has 2 heterocycles. The van der Waals surface area contributed by atoms with Gasteiger partial charge in [-0.05, 0) is 38.8 Å². The van der Waals surface area contributed by atoms with Crippen molar-refractivity contribution in [3.8, 4) is 0 Å². The van der Waals surface area contributed by atoms with Crippen LogP contribution in [-0.2, 0) is 7.05 Å². The number of aromatic nitrogens is 2. The maximum absolute atomic E-state index is 12.4. The van der Waals surface area contributed by atoms with Gasteiger partial charge in [0.15, 0.2) is 0 Å². The number of nitrogens with one attached hydrogen (secondary N) is 1. The summed E-state index contributed by atoms with van der Waals surface area (Å²) in [5.74, 6) is 0.359. The first-order valence-electron chi connectivity index (χ1n) is 8.43. The zero-order valence-corrected chi connectivity index (χ0v) is 14.7. The Labute approximate surface area is 137 Å². The summed E-state index contributed by atoms with van der Waals surface area (Å²) in [5, 5.41) is 17.7. The minimum absolute atomic E-state index is 0.139. The Kier molecular flexibility index (Phi) is 4.01. The predicted octanol–water partition coefficient (Wildman–Crippen LogP) is 0.938. The van der Waals surface area contributed by atoms with Crippen LogP contribution in [0.5, 0.6) is 0 Å². The lowest BCUT2D eigenvalue weighted by molar-refractivity contribution is -0.0827. The fourth-order valence-electron chi connectivity index (χ4n) is 4.91. The van der Waals surface area contributed by atoms with Crippen molar-refractivity contribution in [3.63, 3.8) is 0 Å². The number of hydrogen-bond donors (Lipinski definition) is 2. The van der Waals surface area contributed by atoms with Crippen molar-refractivity contribution in [2.24, 2.45) is 18.4 Å². The molecular formula is C17H28N4O2. The molecule has 6 heteroatoms. The van der Waals surface area contributed by atoms with Crippen molar-refractivity contribution >= 4 is 5.91 Å². The second-order valence-electron chi connectivity index (χ2n) is 7.82. The van der Waals surface area contributed by atoms with E-state index in [0.29, 0.717) is 17.7 Å². The number of hydrogen-bond acceptors (Lipinski definition) is 4. The first-order valence-corrected chi connectivity index (χ1v) is 8.43. The van der Waals surface area contributed by atoms with Gasteiger partial charge in [-0.15, -0.1) is 0 Å². The summed E-state index contributed by atoms with van der Waals surface area (Å²) >= 11 is 0. The van der Waals surface area contributed by atoms with Crippen molar-refractivity contribution < 1.29 is 9.90 Å². The Morgan fingerprint density at radius 1 is 1.43 bits per heavy atom. The van der Waals surface area contributed by atoms with Gasteiger partial charge in [-0.2, -0.15) is 5.10 Å². The third kappa shape index (κ3) is 2.68. The first kappa shape index (κ1) is 16.5. The van der Waals surface area contributed by atoms with Crippen LogP contribution in [0.25, 0.3) is 0 Å². The fraction of sp³-hybridized carbons (Fsp3) is 0.765. The lowest BCUT2D eigenvalue weighted by Crippen LogP contribution is -2.64. The Morgan fingerprint density at radius 3 is 2.65 bits per heavy atom. The Bertz CT molecular complexity index is 587. The van der Waals surface area contributed by atoms with Crippen molar-refractivity contribution in [2.45, 2.75) is 51.8 Å². The highest BCUT2D eigenvalue weighted by Gasteiger charge is 2.58. The molecule has 0 aromatic carbocycles. The van der Waals surface area contributed by atoms with Crippen LogP contribution in [0.4, 0.5) is 0 Å². The van der Waals surface area contributed by atoms with Crippen LogP contribution in [-0.4, -0.2) is 57.5 Å². The summed E-state index contributed by atoms with van der Waals surface area (Å²) in [4.78, 5) is 14.8. The van der Waals surface area contributed by atoms with Crippen LogP contribution in [0.3, 0.4) is 0 Å². The minimum atomic E-state index is -0.473. The molecule has 1 aromatic rings. The monoisotopic (exact) mass is 320 g/mol. The van der Waals surface area contributed by atoms with Gasteiger partial charge in [0, 0.05) is 30.7 Å². The zero-order valence-electron chi connectivity index (χ0n) is 14.7. The molecule has 128 valence electrons. The van der Waals surface area contributed by atoms with E-state index in [-0.39, 0.29) is 17.4 Å². The molecule has 3 rings (SSSR count). The molecule has 6 nitrogen and oxygen atoms in total. The predicted molar refractivity (Wildman–Crippen MR) is 88.1 cm³/mol. The third-order valence-electron chi connectivity index (χ3n) is 5.67. The molecule has 1 aromatic heterocycles. The molecule has 23 heavy (non-hydrogen) atoms. The van der Waals surface area contributed by atoms with Gasteiger partial charge >= 0.3 is 0 Å². The number of carbonyl (C=O) groups is 1. The molecule has 1 saturated carbocycles. The highest BCUT2D eigenvalue weighted by molar-refractivity contribution is 5.92. The number of likely N-dealkylation sites (tertiary alicyclic amines) is 1. The molecule has 1 spiro atoms. The summed E-state index contributed by atoms with van der Waals surface area (Å²) in [6.07, 6.45) is 1.14.